The average molecular weight is 624 g/mol. The van der Waals surface area contributed by atoms with Crippen LogP contribution in [0.4, 0.5) is 11.4 Å². The van der Waals surface area contributed by atoms with Crippen LogP contribution in [0.25, 0.3) is 10.9 Å². The number of hydrogen-bond donors (Lipinski definition) is 2. The molecule has 46 heavy (non-hydrogen) atoms. The predicted molar refractivity (Wildman–Crippen MR) is 188 cm³/mol. The Balaban J connectivity index is 1.09. The summed E-state index contributed by atoms with van der Waals surface area (Å²) in [5.41, 5.74) is 4.33. The molecule has 7 nitrogen and oxygen atoms in total. The van der Waals surface area contributed by atoms with Gasteiger partial charge in [-0.2, -0.15) is 0 Å². The van der Waals surface area contributed by atoms with E-state index >= 15 is 0 Å². The lowest BCUT2D eigenvalue weighted by molar-refractivity contribution is -0.956. The zero-order valence-electron chi connectivity index (χ0n) is 28.1. The largest absolute Gasteiger partial charge is 0.493 e. The van der Waals surface area contributed by atoms with Crippen molar-refractivity contribution in [2.24, 2.45) is 0 Å². The summed E-state index contributed by atoms with van der Waals surface area (Å²) in [5.74, 6) is 2.91. The summed E-state index contributed by atoms with van der Waals surface area (Å²) in [6.45, 7) is 13.5. The van der Waals surface area contributed by atoms with Crippen molar-refractivity contribution < 1.29 is 18.7 Å². The zero-order chi connectivity index (χ0) is 32.0. The molecule has 0 bridgehead atoms. The van der Waals surface area contributed by atoms with E-state index in [0.29, 0.717) is 12.4 Å². The number of aromatic nitrogens is 1. The van der Waals surface area contributed by atoms with Crippen LogP contribution in [0.3, 0.4) is 0 Å². The van der Waals surface area contributed by atoms with Crippen LogP contribution in [0, 0.1) is 0 Å². The smallest absolute Gasteiger partial charge is 0.163 e. The summed E-state index contributed by atoms with van der Waals surface area (Å²) in [5, 5.41) is 7.92. The second kappa shape index (κ2) is 14.3. The van der Waals surface area contributed by atoms with Gasteiger partial charge in [-0.3, -0.25) is 4.98 Å². The van der Waals surface area contributed by atoms with Crippen molar-refractivity contribution in [2.75, 3.05) is 51.8 Å². The molecule has 0 aliphatic carbocycles. The minimum Gasteiger partial charge on any atom is -0.493 e. The molecule has 6 rings (SSSR count). The molecular weight excluding hydrogens is 572 g/mol. The van der Waals surface area contributed by atoms with Gasteiger partial charge < -0.3 is 29.3 Å². The molecule has 2 N–H and O–H groups in total. The molecule has 0 amide bonds. The predicted octanol–water partition coefficient (Wildman–Crippen LogP) is 8.60. The normalized spacial score (nSPS) is 17.0. The summed E-state index contributed by atoms with van der Waals surface area (Å²) in [6.07, 6.45) is 9.50. The Morgan fingerprint density at radius 3 is 2.22 bits per heavy atom. The molecule has 2 aliphatic heterocycles. The van der Waals surface area contributed by atoms with Crippen molar-refractivity contribution in [3.63, 3.8) is 0 Å². The Labute approximate surface area is 274 Å². The van der Waals surface area contributed by atoms with E-state index in [1.165, 1.54) is 61.8 Å². The van der Waals surface area contributed by atoms with Crippen LogP contribution < -0.4 is 24.8 Å². The Hall–Kier alpha value is -3.81. The van der Waals surface area contributed by atoms with Crippen LogP contribution in [0.15, 0.2) is 72.9 Å². The second-order valence-corrected chi connectivity index (χ2v) is 14.0. The number of hydrogen-bond acceptors (Lipinski definition) is 6. The van der Waals surface area contributed by atoms with Crippen LogP contribution in [0.2, 0.25) is 0 Å². The van der Waals surface area contributed by atoms with Crippen LogP contribution in [0.5, 0.6) is 23.0 Å². The fraction of sp³-hybridized carbons (Fsp3) is 0.462. The van der Waals surface area contributed by atoms with Crippen LogP contribution in [0.1, 0.15) is 64.9 Å². The first-order valence-corrected chi connectivity index (χ1v) is 17.1. The third-order valence-corrected chi connectivity index (χ3v) is 9.90. The second-order valence-electron chi connectivity index (χ2n) is 14.0. The molecule has 0 saturated carbocycles. The van der Waals surface area contributed by atoms with E-state index in [2.05, 4.69) is 60.7 Å². The quantitative estimate of drug-likeness (QED) is 0.129. The Morgan fingerprint density at radius 1 is 0.848 bits per heavy atom. The number of piperidine rings is 2. The molecule has 0 unspecified atom stereocenters. The van der Waals surface area contributed by atoms with E-state index in [-0.39, 0.29) is 5.41 Å². The van der Waals surface area contributed by atoms with Crippen molar-refractivity contribution in [3.8, 4) is 23.0 Å². The van der Waals surface area contributed by atoms with E-state index in [1.807, 2.05) is 42.5 Å². The number of benzene rings is 3. The zero-order valence-corrected chi connectivity index (χ0v) is 28.1. The van der Waals surface area contributed by atoms with Gasteiger partial charge in [0, 0.05) is 61.4 Å². The highest BCUT2D eigenvalue weighted by atomic mass is 16.5. The number of nitrogens with zero attached hydrogens (tertiary/aromatic N) is 2. The minimum absolute atomic E-state index is 0.136. The fourth-order valence-electron chi connectivity index (χ4n) is 7.27. The first-order chi connectivity index (χ1) is 22.3. The molecule has 7 heteroatoms. The minimum atomic E-state index is 0.136. The van der Waals surface area contributed by atoms with Gasteiger partial charge in [-0.05, 0) is 78.8 Å². The van der Waals surface area contributed by atoms with Gasteiger partial charge in [-0.15, -0.1) is 0 Å². The van der Waals surface area contributed by atoms with Crippen molar-refractivity contribution in [2.45, 2.75) is 70.8 Å². The summed E-state index contributed by atoms with van der Waals surface area (Å²) in [4.78, 5) is 4.64. The number of ether oxygens (including phenoxy) is 3. The fourth-order valence-corrected chi connectivity index (χ4v) is 7.27. The lowest BCUT2D eigenvalue weighted by atomic mass is 9.87. The third kappa shape index (κ3) is 7.59. The molecule has 3 aromatic carbocycles. The first-order valence-electron chi connectivity index (χ1n) is 17.1. The molecule has 0 atom stereocenters. The van der Waals surface area contributed by atoms with Gasteiger partial charge in [0.1, 0.15) is 11.5 Å². The van der Waals surface area contributed by atoms with Crippen LogP contribution >= 0.6 is 0 Å². The van der Waals surface area contributed by atoms with Gasteiger partial charge in [0.05, 0.1) is 44.9 Å². The highest BCUT2D eigenvalue weighted by Gasteiger charge is 2.38. The molecule has 244 valence electrons. The van der Waals surface area contributed by atoms with E-state index in [0.717, 1.165) is 65.1 Å². The van der Waals surface area contributed by atoms with Crippen molar-refractivity contribution in [3.05, 3.63) is 78.5 Å². The summed E-state index contributed by atoms with van der Waals surface area (Å²) in [6, 6.07) is 23.3. The first kappa shape index (κ1) is 32.1. The van der Waals surface area contributed by atoms with Crippen LogP contribution in [-0.4, -0.2) is 61.9 Å². The number of nitrogens with one attached hydrogen (secondary N) is 2. The maximum atomic E-state index is 6.37. The summed E-state index contributed by atoms with van der Waals surface area (Å²) in [7, 11) is 1.69. The molecule has 0 spiro atoms. The highest BCUT2D eigenvalue weighted by molar-refractivity contribution is 5.88. The van der Waals surface area contributed by atoms with Gasteiger partial charge in [0.25, 0.3) is 0 Å². The van der Waals surface area contributed by atoms with E-state index in [1.54, 1.807) is 13.3 Å². The SMILES string of the molecule is COc1cc2c(Oc3ccc(Nc4ccc(C(C)(C)C)cc4)cc3)ccnc2cc1OCCC[N+]1(C2CCNCC2)CCCCC1. The van der Waals surface area contributed by atoms with E-state index in [9.17, 15) is 0 Å². The van der Waals surface area contributed by atoms with Crippen molar-refractivity contribution >= 4 is 22.3 Å². The van der Waals surface area contributed by atoms with E-state index in [4.69, 9.17) is 14.2 Å². The topological polar surface area (TPSA) is 64.6 Å². The average Bonchev–Trinajstić information content (AvgIpc) is 3.08. The Bertz CT molecular complexity index is 1570. The molecule has 2 saturated heterocycles. The highest BCUT2D eigenvalue weighted by Crippen LogP contribution is 2.38. The number of anilines is 2. The monoisotopic (exact) mass is 623 g/mol. The van der Waals surface area contributed by atoms with Crippen molar-refractivity contribution in [1.29, 1.82) is 0 Å². The van der Waals surface area contributed by atoms with Gasteiger partial charge in [0.2, 0.25) is 0 Å². The third-order valence-electron chi connectivity index (χ3n) is 9.90. The number of pyridine rings is 1. The van der Waals surface area contributed by atoms with Crippen LogP contribution in [-0.2, 0) is 5.41 Å². The lowest BCUT2D eigenvalue weighted by Crippen LogP contribution is -2.61. The Kier molecular flexibility index (Phi) is 10.00. The van der Waals surface area contributed by atoms with Gasteiger partial charge in [0.15, 0.2) is 11.5 Å². The van der Waals surface area contributed by atoms with Crippen molar-refractivity contribution in [1.82, 2.24) is 10.3 Å². The van der Waals surface area contributed by atoms with Gasteiger partial charge in [-0.25, -0.2) is 0 Å². The number of quaternary nitrogens is 1. The maximum absolute atomic E-state index is 6.37. The molecule has 4 aromatic rings. The molecule has 2 aliphatic rings. The molecule has 3 heterocycles. The summed E-state index contributed by atoms with van der Waals surface area (Å²) < 4.78 is 19.8. The number of rotatable bonds is 11. The number of methoxy groups -OCH3 is 1. The van der Waals surface area contributed by atoms with Gasteiger partial charge >= 0.3 is 0 Å². The molecule has 2 fully saturated rings. The lowest BCUT2D eigenvalue weighted by Gasteiger charge is -2.49. The summed E-state index contributed by atoms with van der Waals surface area (Å²) >= 11 is 0. The Morgan fingerprint density at radius 2 is 1.54 bits per heavy atom. The maximum Gasteiger partial charge on any atom is 0.163 e. The number of likely N-dealkylation sites (tertiary alicyclic amines) is 1. The van der Waals surface area contributed by atoms with Gasteiger partial charge in [-0.1, -0.05) is 32.9 Å². The number of fused-ring (bicyclic) bond motifs is 1. The standard InChI is InChI=1S/C39H51N4O3/c1-39(2,3)29-9-11-30(12-10-29)42-31-13-15-33(16-14-31)46-36-19-22-41-35-28-38(37(44-4)27-34(35)36)45-26-8-25-43(23-6-5-7-24-43)32-17-20-40-21-18-32/h9-16,19,22,27-28,32,40,42H,5-8,17-18,20-21,23-26H2,1-4H3/q+1. The molecular formula is C39H51N4O3+. The molecule has 0 radical (unpaired) electrons. The van der Waals surface area contributed by atoms with E-state index < -0.39 is 0 Å². The molecule has 1 aromatic heterocycles.